The second kappa shape index (κ2) is 15.9. The van der Waals surface area contributed by atoms with E-state index in [4.69, 9.17) is 38.9 Å². The van der Waals surface area contributed by atoms with Gasteiger partial charge < -0.3 is 49.1 Å². The first-order valence-electron chi connectivity index (χ1n) is 11.6. The number of carboxylic acids is 4. The predicted molar refractivity (Wildman–Crippen MR) is 137 cm³/mol. The summed E-state index contributed by atoms with van der Waals surface area (Å²) in [5.74, 6) is -17.0. The monoisotopic (exact) mass is 594 g/mol. The second-order valence-electron chi connectivity index (χ2n) is 8.74. The van der Waals surface area contributed by atoms with Gasteiger partial charge in [-0.3, -0.25) is 38.5 Å². The summed E-state index contributed by atoms with van der Waals surface area (Å²) in [6.07, 6.45) is -4.56. The first kappa shape index (κ1) is 36.5. The number of rotatable bonds is 19. The molecule has 0 rings (SSSR count). The average molecular weight is 595 g/mol. The zero-order chi connectivity index (χ0) is 31.5. The number of aliphatic carboxylic acids is 4. The molecular formula is C21H34N6O12S. The van der Waals surface area contributed by atoms with Crippen LogP contribution in [0.25, 0.3) is 0 Å². The van der Waals surface area contributed by atoms with Crippen LogP contribution in [0.4, 0.5) is 0 Å². The molecule has 2 amide bonds. The Hall–Kier alpha value is -3.49. The smallest absolute Gasteiger partial charge is 0.338 e. The molecule has 0 aromatic heterocycles. The number of imide groups is 1. The lowest BCUT2D eigenvalue weighted by molar-refractivity contribution is -0.179. The molecule has 0 saturated carbocycles. The Balaban J connectivity index is 7.95. The summed E-state index contributed by atoms with van der Waals surface area (Å²) in [5, 5.41) is 37.9. The third-order valence-electron chi connectivity index (χ3n) is 5.76. The zero-order valence-corrected chi connectivity index (χ0v) is 22.1. The summed E-state index contributed by atoms with van der Waals surface area (Å²) >= 11 is 3.88. The summed E-state index contributed by atoms with van der Waals surface area (Å²) < 4.78 is 0. The Bertz CT molecular complexity index is 992. The molecule has 0 aliphatic rings. The number of hydrogen-bond donors (Lipinski definition) is 10. The van der Waals surface area contributed by atoms with Gasteiger partial charge >= 0.3 is 23.9 Å². The van der Waals surface area contributed by atoms with E-state index < -0.39 is 114 Å². The highest BCUT2D eigenvalue weighted by Crippen LogP contribution is 2.35. The summed E-state index contributed by atoms with van der Waals surface area (Å²) in [6, 6.07) is -8.35. The standard InChI is InChI=1S/C21H34N6O12S/c22-3-1-2-8(16(34)12(26)7-40)21(20(38)39,17(35)9(23)4-13(28)29)27(18(36)10(24)5-14(30)31)19(37)11(25)6-15(32)33/h8-12,40H,1-7,22-26H2,(H,28,29)(H,30,31)(H,32,33)(H,38,39). The number of amides is 2. The van der Waals surface area contributed by atoms with Gasteiger partial charge in [-0.15, -0.1) is 0 Å². The molecule has 0 aromatic carbocycles. The molecule has 0 fully saturated rings. The molecular weight excluding hydrogens is 560 g/mol. The van der Waals surface area contributed by atoms with Gasteiger partial charge in [0.1, 0.15) is 0 Å². The van der Waals surface area contributed by atoms with Crippen molar-refractivity contribution in [1.29, 1.82) is 0 Å². The summed E-state index contributed by atoms with van der Waals surface area (Å²) in [7, 11) is 0. The van der Waals surface area contributed by atoms with E-state index in [-0.39, 0.29) is 17.9 Å². The van der Waals surface area contributed by atoms with E-state index in [1.54, 1.807) is 0 Å². The van der Waals surface area contributed by atoms with Gasteiger partial charge in [0.2, 0.25) is 17.4 Å². The van der Waals surface area contributed by atoms with Gasteiger partial charge in [-0.1, -0.05) is 0 Å². The third kappa shape index (κ3) is 8.76. The van der Waals surface area contributed by atoms with E-state index in [0.29, 0.717) is 0 Å². The Morgan fingerprint density at radius 1 is 0.700 bits per heavy atom. The number of ketones is 2. The van der Waals surface area contributed by atoms with E-state index in [9.17, 15) is 48.6 Å². The molecule has 0 heterocycles. The van der Waals surface area contributed by atoms with Crippen LogP contribution in [0.15, 0.2) is 0 Å². The third-order valence-corrected chi connectivity index (χ3v) is 6.15. The predicted octanol–water partition coefficient (Wildman–Crippen LogP) is -4.68. The van der Waals surface area contributed by atoms with Gasteiger partial charge in [0.05, 0.1) is 49.3 Å². The van der Waals surface area contributed by atoms with Crippen molar-refractivity contribution in [3.05, 3.63) is 0 Å². The van der Waals surface area contributed by atoms with E-state index in [1.165, 1.54) is 0 Å². The Morgan fingerprint density at radius 3 is 1.43 bits per heavy atom. The van der Waals surface area contributed by atoms with Crippen molar-refractivity contribution in [3.8, 4) is 0 Å². The molecule has 40 heavy (non-hydrogen) atoms. The van der Waals surface area contributed by atoms with Crippen LogP contribution in [0, 0.1) is 5.92 Å². The van der Waals surface area contributed by atoms with Crippen molar-refractivity contribution in [2.45, 2.75) is 61.8 Å². The summed E-state index contributed by atoms with van der Waals surface area (Å²) in [5.41, 5.74) is 24.5. The highest BCUT2D eigenvalue weighted by atomic mass is 32.1. The van der Waals surface area contributed by atoms with Crippen LogP contribution in [0.5, 0.6) is 0 Å². The molecule has 0 radical (unpaired) electrons. The Morgan fingerprint density at radius 2 is 1.10 bits per heavy atom. The molecule has 0 aliphatic carbocycles. The minimum Gasteiger partial charge on any atom is -0.481 e. The van der Waals surface area contributed by atoms with Crippen molar-refractivity contribution in [2.24, 2.45) is 34.6 Å². The molecule has 0 bridgehead atoms. The van der Waals surface area contributed by atoms with E-state index >= 15 is 0 Å². The normalized spacial score (nSPS) is 16.4. The number of carbonyl (C=O) groups is 8. The minimum atomic E-state index is -3.71. The molecule has 226 valence electrons. The minimum absolute atomic E-state index is 0.218. The first-order chi connectivity index (χ1) is 18.4. The first-order valence-corrected chi connectivity index (χ1v) is 12.2. The van der Waals surface area contributed by atoms with Crippen LogP contribution in [0.2, 0.25) is 0 Å². The molecule has 0 aromatic rings. The Kier molecular flexibility index (Phi) is 14.5. The van der Waals surface area contributed by atoms with E-state index in [0.717, 1.165) is 0 Å². The van der Waals surface area contributed by atoms with Crippen LogP contribution >= 0.6 is 12.6 Å². The van der Waals surface area contributed by atoms with Gasteiger partial charge in [0.25, 0.3) is 0 Å². The molecule has 18 nitrogen and oxygen atoms in total. The maximum Gasteiger partial charge on any atom is 0.338 e. The molecule has 19 heteroatoms. The van der Waals surface area contributed by atoms with Crippen molar-refractivity contribution in [3.63, 3.8) is 0 Å². The number of nitrogens with zero attached hydrogens (tertiary/aromatic N) is 1. The van der Waals surface area contributed by atoms with Crippen molar-refractivity contribution in [1.82, 2.24) is 4.90 Å². The maximum absolute atomic E-state index is 13.8. The van der Waals surface area contributed by atoms with Crippen molar-refractivity contribution in [2.75, 3.05) is 12.3 Å². The van der Waals surface area contributed by atoms with E-state index in [1.807, 2.05) is 0 Å². The number of carboxylic acid groups (broad SMARTS) is 4. The Labute approximate surface area is 232 Å². The number of Topliss-reactive ketones (excluding diaryl/α,β-unsaturated/α-hetero) is 2. The van der Waals surface area contributed by atoms with Crippen LogP contribution in [0.3, 0.4) is 0 Å². The molecule has 14 N–H and O–H groups in total. The lowest BCUT2D eigenvalue weighted by Crippen LogP contribution is -2.75. The van der Waals surface area contributed by atoms with Gasteiger partial charge in [-0.05, 0) is 19.4 Å². The number of hydrogen-bond acceptors (Lipinski definition) is 14. The fraction of sp³-hybridized carbons (Fsp3) is 0.619. The number of carbonyl (C=O) groups excluding carboxylic acids is 4. The molecule has 0 saturated heterocycles. The maximum atomic E-state index is 13.8. The lowest BCUT2D eigenvalue weighted by Gasteiger charge is -2.45. The molecule has 6 atom stereocenters. The topological polar surface area (TPSA) is 351 Å². The average Bonchev–Trinajstić information content (AvgIpc) is 2.84. The van der Waals surface area contributed by atoms with Gasteiger partial charge in [-0.25, -0.2) is 4.79 Å². The molecule has 6 unspecified atom stereocenters. The quantitative estimate of drug-likeness (QED) is 0.0496. The SMILES string of the molecule is NCCCC(C(=O)C(N)CS)C(C(=O)O)(C(=O)C(N)CC(=O)O)N(C(=O)C(N)CC(=O)O)C(=O)C(N)CC(=O)O. The highest BCUT2D eigenvalue weighted by Gasteiger charge is 2.64. The van der Waals surface area contributed by atoms with Crippen LogP contribution in [-0.2, 0) is 38.4 Å². The molecule has 0 spiro atoms. The van der Waals surface area contributed by atoms with Crippen LogP contribution in [-0.4, -0.2) is 115 Å². The van der Waals surface area contributed by atoms with Crippen molar-refractivity contribution >= 4 is 59.9 Å². The van der Waals surface area contributed by atoms with Gasteiger partial charge in [0.15, 0.2) is 11.6 Å². The number of thiol groups is 1. The van der Waals surface area contributed by atoms with E-state index in [2.05, 4.69) is 12.6 Å². The van der Waals surface area contributed by atoms with Crippen LogP contribution in [0.1, 0.15) is 32.1 Å². The fourth-order valence-corrected chi connectivity index (χ4v) is 4.10. The number of nitrogens with two attached hydrogens (primary N) is 5. The van der Waals surface area contributed by atoms with Gasteiger partial charge in [-0.2, -0.15) is 12.6 Å². The summed E-state index contributed by atoms with van der Waals surface area (Å²) in [4.78, 5) is 101. The summed E-state index contributed by atoms with van der Waals surface area (Å²) in [6.45, 7) is -0.218. The lowest BCUT2D eigenvalue weighted by atomic mass is 9.70. The second-order valence-corrected chi connectivity index (χ2v) is 9.10. The fourth-order valence-electron chi connectivity index (χ4n) is 3.92. The molecule has 0 aliphatic heterocycles. The largest absolute Gasteiger partial charge is 0.481 e. The zero-order valence-electron chi connectivity index (χ0n) is 21.2. The highest BCUT2D eigenvalue weighted by molar-refractivity contribution is 7.80. The van der Waals surface area contributed by atoms with Crippen LogP contribution < -0.4 is 28.7 Å². The van der Waals surface area contributed by atoms with Crippen molar-refractivity contribution < 1.29 is 58.8 Å². The van der Waals surface area contributed by atoms with Gasteiger partial charge in [0, 0.05) is 5.75 Å².